The summed E-state index contributed by atoms with van der Waals surface area (Å²) in [5, 5.41) is 19.5. The standard InChI is InChI=1S/C27H24N4O4S/c1-4-31-22-8-6-5-7-20(22)21-11-16(9-10-23(21)31)12-24(26(32)33)36-27-28-25(29-30-27)17-13-18(34-2)15-19(14-17)35-3/h5-15H,4H2,1-3H3,(H,32,33)(H,28,29,30)/b24-12-. The summed E-state index contributed by atoms with van der Waals surface area (Å²) in [5.74, 6) is 0.653. The largest absolute Gasteiger partial charge is 0.497 e. The van der Waals surface area contributed by atoms with Crippen LogP contribution in [0.2, 0.25) is 0 Å². The second-order valence-electron chi connectivity index (χ2n) is 8.02. The maximum Gasteiger partial charge on any atom is 0.342 e. The van der Waals surface area contributed by atoms with Gasteiger partial charge in [0.05, 0.1) is 14.2 Å². The lowest BCUT2D eigenvalue weighted by atomic mass is 10.1. The lowest BCUT2D eigenvalue weighted by Gasteiger charge is -2.06. The molecule has 0 amide bonds. The molecular weight excluding hydrogens is 476 g/mol. The predicted octanol–water partition coefficient (Wildman–Crippen LogP) is 5.83. The number of aromatic nitrogens is 4. The molecule has 0 aliphatic carbocycles. The van der Waals surface area contributed by atoms with Gasteiger partial charge in [-0.1, -0.05) is 24.3 Å². The summed E-state index contributed by atoms with van der Waals surface area (Å²) in [6.45, 7) is 2.97. The number of nitrogens with one attached hydrogen (secondary N) is 1. The Bertz CT molecular complexity index is 1600. The number of fused-ring (bicyclic) bond motifs is 3. The van der Waals surface area contributed by atoms with E-state index in [2.05, 4.69) is 38.8 Å². The Kier molecular flexibility index (Phi) is 6.39. The molecule has 36 heavy (non-hydrogen) atoms. The minimum atomic E-state index is -1.05. The van der Waals surface area contributed by atoms with Crippen LogP contribution in [0.3, 0.4) is 0 Å². The summed E-state index contributed by atoms with van der Waals surface area (Å²) in [6.07, 6.45) is 1.65. The van der Waals surface area contributed by atoms with Crippen LogP contribution in [-0.2, 0) is 11.3 Å². The van der Waals surface area contributed by atoms with Crippen LogP contribution in [0.4, 0.5) is 0 Å². The number of aliphatic carboxylic acids is 1. The maximum absolute atomic E-state index is 12.1. The number of para-hydroxylation sites is 1. The Labute approximate surface area is 211 Å². The molecule has 0 saturated carbocycles. The summed E-state index contributed by atoms with van der Waals surface area (Å²) in [5.41, 5.74) is 3.78. The Balaban J connectivity index is 1.48. The van der Waals surface area contributed by atoms with E-state index in [-0.39, 0.29) is 4.91 Å². The number of benzene rings is 3. The Morgan fingerprint density at radius 1 is 1.03 bits per heavy atom. The minimum Gasteiger partial charge on any atom is -0.497 e. The van der Waals surface area contributed by atoms with Crippen molar-refractivity contribution in [2.75, 3.05) is 14.2 Å². The molecule has 2 N–H and O–H groups in total. The zero-order chi connectivity index (χ0) is 25.2. The number of nitrogens with zero attached hydrogens (tertiary/aromatic N) is 3. The Morgan fingerprint density at radius 3 is 2.44 bits per heavy atom. The molecule has 0 radical (unpaired) electrons. The van der Waals surface area contributed by atoms with Gasteiger partial charge in [-0.15, -0.1) is 5.10 Å². The van der Waals surface area contributed by atoms with Crippen LogP contribution in [0, 0.1) is 0 Å². The van der Waals surface area contributed by atoms with Crippen LogP contribution in [-0.4, -0.2) is 45.0 Å². The van der Waals surface area contributed by atoms with E-state index >= 15 is 0 Å². The van der Waals surface area contributed by atoms with E-state index in [4.69, 9.17) is 9.47 Å². The van der Waals surface area contributed by atoms with Crippen molar-refractivity contribution in [1.82, 2.24) is 19.7 Å². The van der Waals surface area contributed by atoms with E-state index in [1.54, 1.807) is 38.5 Å². The van der Waals surface area contributed by atoms with Gasteiger partial charge in [0.15, 0.2) is 5.82 Å². The summed E-state index contributed by atoms with van der Waals surface area (Å²) in [7, 11) is 3.14. The highest BCUT2D eigenvalue weighted by atomic mass is 32.2. The highest BCUT2D eigenvalue weighted by molar-refractivity contribution is 8.04. The smallest absolute Gasteiger partial charge is 0.342 e. The third kappa shape index (κ3) is 4.40. The third-order valence-electron chi connectivity index (χ3n) is 5.91. The van der Waals surface area contributed by atoms with E-state index in [9.17, 15) is 9.90 Å². The quantitative estimate of drug-likeness (QED) is 0.204. The van der Waals surface area contributed by atoms with Crippen LogP contribution < -0.4 is 9.47 Å². The molecule has 2 aromatic heterocycles. The maximum atomic E-state index is 12.1. The molecule has 0 bridgehead atoms. The fourth-order valence-corrected chi connectivity index (χ4v) is 4.96. The molecule has 9 heteroatoms. The van der Waals surface area contributed by atoms with Crippen molar-refractivity contribution in [3.8, 4) is 22.9 Å². The number of methoxy groups -OCH3 is 2. The van der Waals surface area contributed by atoms with Crippen molar-refractivity contribution < 1.29 is 19.4 Å². The first kappa shape index (κ1) is 23.5. The van der Waals surface area contributed by atoms with E-state index in [1.165, 1.54) is 0 Å². The highest BCUT2D eigenvalue weighted by Gasteiger charge is 2.16. The minimum absolute atomic E-state index is 0.113. The lowest BCUT2D eigenvalue weighted by molar-refractivity contribution is -0.131. The molecule has 0 unspecified atom stereocenters. The van der Waals surface area contributed by atoms with Gasteiger partial charge >= 0.3 is 5.97 Å². The molecule has 0 saturated heterocycles. The topological polar surface area (TPSA) is 102 Å². The van der Waals surface area contributed by atoms with Crippen molar-refractivity contribution in [1.29, 1.82) is 0 Å². The number of ether oxygens (including phenoxy) is 2. The lowest BCUT2D eigenvalue weighted by Crippen LogP contribution is -1.97. The van der Waals surface area contributed by atoms with Gasteiger partial charge in [0.25, 0.3) is 0 Å². The SMILES string of the molecule is CCn1c2ccccc2c2cc(/C=C(\Sc3n[nH]c(-c4cc(OC)cc(OC)c4)n3)C(=O)O)ccc21. The summed E-state index contributed by atoms with van der Waals surface area (Å²) < 4.78 is 12.9. The normalized spacial score (nSPS) is 11.8. The first-order chi connectivity index (χ1) is 17.5. The van der Waals surface area contributed by atoms with Crippen LogP contribution in [0.5, 0.6) is 11.5 Å². The number of thioether (sulfide) groups is 1. The number of aryl methyl sites for hydroxylation is 1. The van der Waals surface area contributed by atoms with Crippen LogP contribution in [0.25, 0.3) is 39.3 Å². The summed E-state index contributed by atoms with van der Waals surface area (Å²) in [6, 6.07) is 19.6. The van der Waals surface area contributed by atoms with Crippen LogP contribution >= 0.6 is 11.8 Å². The molecule has 3 aromatic carbocycles. The second-order valence-corrected chi connectivity index (χ2v) is 9.03. The average Bonchev–Trinajstić information content (AvgIpc) is 3.50. The highest BCUT2D eigenvalue weighted by Crippen LogP contribution is 2.33. The van der Waals surface area contributed by atoms with E-state index in [0.29, 0.717) is 28.0 Å². The number of carboxylic acid groups (broad SMARTS) is 1. The van der Waals surface area contributed by atoms with Crippen molar-refractivity contribution in [3.05, 3.63) is 71.1 Å². The number of carboxylic acids is 1. The molecule has 0 aliphatic rings. The predicted molar refractivity (Wildman–Crippen MR) is 142 cm³/mol. The van der Waals surface area contributed by atoms with Gasteiger partial charge in [0, 0.05) is 40.0 Å². The molecule has 2 heterocycles. The number of carbonyl (C=O) groups is 1. The van der Waals surface area contributed by atoms with Crippen molar-refractivity contribution in [2.45, 2.75) is 18.6 Å². The zero-order valence-electron chi connectivity index (χ0n) is 20.0. The van der Waals surface area contributed by atoms with Crippen molar-refractivity contribution in [2.24, 2.45) is 0 Å². The zero-order valence-corrected chi connectivity index (χ0v) is 20.8. The number of hydrogen-bond donors (Lipinski definition) is 2. The first-order valence-electron chi connectivity index (χ1n) is 11.3. The molecular formula is C27H24N4O4S. The summed E-state index contributed by atoms with van der Waals surface area (Å²) >= 11 is 0.986. The van der Waals surface area contributed by atoms with Gasteiger partial charge in [-0.2, -0.15) is 0 Å². The first-order valence-corrected chi connectivity index (χ1v) is 12.1. The fourth-order valence-electron chi connectivity index (χ4n) is 4.25. The Morgan fingerprint density at radius 2 is 1.75 bits per heavy atom. The van der Waals surface area contributed by atoms with Crippen LogP contribution in [0.1, 0.15) is 12.5 Å². The van der Waals surface area contributed by atoms with Gasteiger partial charge < -0.3 is 19.1 Å². The number of H-pyrrole nitrogens is 1. The molecule has 0 aliphatic heterocycles. The number of hydrogen-bond acceptors (Lipinski definition) is 6. The van der Waals surface area contributed by atoms with Crippen LogP contribution in [0.15, 0.2) is 70.7 Å². The number of aromatic amines is 1. The molecule has 0 fully saturated rings. The number of rotatable bonds is 8. The van der Waals surface area contributed by atoms with Gasteiger partial charge in [-0.3, -0.25) is 5.10 Å². The van der Waals surface area contributed by atoms with Gasteiger partial charge in [-0.05, 0) is 60.7 Å². The molecule has 5 aromatic rings. The molecule has 0 spiro atoms. The molecule has 0 atom stereocenters. The monoisotopic (exact) mass is 500 g/mol. The van der Waals surface area contributed by atoms with Gasteiger partial charge in [-0.25, -0.2) is 9.78 Å². The molecule has 8 nitrogen and oxygen atoms in total. The van der Waals surface area contributed by atoms with E-state index < -0.39 is 5.97 Å². The van der Waals surface area contributed by atoms with Crippen molar-refractivity contribution >= 4 is 45.6 Å². The molecule has 182 valence electrons. The van der Waals surface area contributed by atoms with Crippen molar-refractivity contribution in [3.63, 3.8) is 0 Å². The van der Waals surface area contributed by atoms with Gasteiger partial charge in [0.2, 0.25) is 5.16 Å². The summed E-state index contributed by atoms with van der Waals surface area (Å²) in [4.78, 5) is 16.7. The van der Waals surface area contributed by atoms with E-state index in [1.807, 2.05) is 30.3 Å². The third-order valence-corrected chi connectivity index (χ3v) is 6.79. The molecule has 5 rings (SSSR count). The van der Waals surface area contributed by atoms with Gasteiger partial charge in [0.1, 0.15) is 16.4 Å². The second kappa shape index (κ2) is 9.79. The fraction of sp³-hybridized carbons (Fsp3) is 0.148. The average molecular weight is 501 g/mol. The Hall–Kier alpha value is -4.24. The van der Waals surface area contributed by atoms with E-state index in [0.717, 1.165) is 45.7 Å².